The molecule has 0 atom stereocenters. The quantitative estimate of drug-likeness (QED) is 0.531. The standard InChI is InChI=1S/C23H26N4O2/c1-5-14-27-22(29)19-9-7-6-8-18(19)20(26-27)21(28)25-24-15-16-10-12-17(13-11-16)23(2,3)4/h6-13,15H,5,14H2,1-4H3,(H,25,28)/b24-15-. The number of hydrazone groups is 1. The van der Waals surface area contributed by atoms with Crippen molar-refractivity contribution < 1.29 is 4.79 Å². The molecule has 3 rings (SSSR count). The lowest BCUT2D eigenvalue weighted by Gasteiger charge is -2.18. The first-order chi connectivity index (χ1) is 13.8. The molecule has 0 fully saturated rings. The summed E-state index contributed by atoms with van der Waals surface area (Å²) in [5.41, 5.74) is 4.71. The van der Waals surface area contributed by atoms with Gasteiger partial charge in [-0.05, 0) is 29.0 Å². The molecule has 2 aromatic carbocycles. The SMILES string of the molecule is CCCn1nc(C(=O)N/N=C\c2ccc(C(C)(C)C)cc2)c2ccccc2c1=O. The number of nitrogens with zero attached hydrogens (tertiary/aromatic N) is 3. The van der Waals surface area contributed by atoms with Gasteiger partial charge in [0.05, 0.1) is 11.6 Å². The molecule has 0 saturated carbocycles. The molecule has 0 radical (unpaired) electrons. The predicted molar refractivity (Wildman–Crippen MR) is 116 cm³/mol. The average molecular weight is 390 g/mol. The monoisotopic (exact) mass is 390 g/mol. The van der Waals surface area contributed by atoms with E-state index in [1.165, 1.54) is 10.2 Å². The number of hydrogen-bond donors (Lipinski definition) is 1. The fraction of sp³-hybridized carbons (Fsp3) is 0.304. The van der Waals surface area contributed by atoms with E-state index < -0.39 is 5.91 Å². The number of amides is 1. The van der Waals surface area contributed by atoms with Crippen LogP contribution in [0.5, 0.6) is 0 Å². The maximum absolute atomic E-state index is 12.7. The molecule has 1 N–H and O–H groups in total. The maximum Gasteiger partial charge on any atom is 0.292 e. The van der Waals surface area contributed by atoms with E-state index >= 15 is 0 Å². The fourth-order valence-corrected chi connectivity index (χ4v) is 3.05. The van der Waals surface area contributed by atoms with Gasteiger partial charge in [0.25, 0.3) is 11.5 Å². The minimum atomic E-state index is -0.450. The van der Waals surface area contributed by atoms with Gasteiger partial charge in [0.1, 0.15) is 0 Å². The molecule has 0 bridgehead atoms. The first-order valence-corrected chi connectivity index (χ1v) is 9.75. The Bertz CT molecular complexity index is 1110. The first kappa shape index (κ1) is 20.5. The molecular weight excluding hydrogens is 364 g/mol. The molecule has 6 heteroatoms. The number of carbonyl (C=O) groups excluding carboxylic acids is 1. The summed E-state index contributed by atoms with van der Waals surface area (Å²) in [5.74, 6) is -0.450. The summed E-state index contributed by atoms with van der Waals surface area (Å²) in [5, 5.41) is 9.33. The van der Waals surface area contributed by atoms with Crippen molar-refractivity contribution in [3.05, 3.63) is 75.7 Å². The lowest BCUT2D eigenvalue weighted by atomic mass is 9.87. The second kappa shape index (κ2) is 8.39. The van der Waals surface area contributed by atoms with E-state index in [9.17, 15) is 9.59 Å². The van der Waals surface area contributed by atoms with E-state index in [4.69, 9.17) is 0 Å². The summed E-state index contributed by atoms with van der Waals surface area (Å²) in [6, 6.07) is 15.0. The van der Waals surface area contributed by atoms with Gasteiger partial charge in [0.2, 0.25) is 0 Å². The molecule has 0 aliphatic heterocycles. The Morgan fingerprint density at radius 2 is 1.76 bits per heavy atom. The van der Waals surface area contributed by atoms with Crippen molar-refractivity contribution in [3.8, 4) is 0 Å². The first-order valence-electron chi connectivity index (χ1n) is 9.75. The van der Waals surface area contributed by atoms with Crippen LogP contribution in [0.15, 0.2) is 58.4 Å². The third-order valence-corrected chi connectivity index (χ3v) is 4.67. The molecule has 150 valence electrons. The lowest BCUT2D eigenvalue weighted by molar-refractivity contribution is 0.0949. The average Bonchev–Trinajstić information content (AvgIpc) is 2.70. The fourth-order valence-electron chi connectivity index (χ4n) is 3.05. The number of rotatable bonds is 5. The molecule has 6 nitrogen and oxygen atoms in total. The number of hydrogen-bond acceptors (Lipinski definition) is 4. The number of aromatic nitrogens is 2. The predicted octanol–water partition coefficient (Wildman–Crippen LogP) is 3.87. The summed E-state index contributed by atoms with van der Waals surface area (Å²) < 4.78 is 1.34. The molecule has 1 aromatic heterocycles. The zero-order chi connectivity index (χ0) is 21.0. The molecule has 1 amide bonds. The highest BCUT2D eigenvalue weighted by Gasteiger charge is 2.16. The van der Waals surface area contributed by atoms with E-state index in [0.717, 1.165) is 12.0 Å². The summed E-state index contributed by atoms with van der Waals surface area (Å²) in [7, 11) is 0. The molecule has 0 unspecified atom stereocenters. The summed E-state index contributed by atoms with van der Waals surface area (Å²) in [6.45, 7) is 8.88. The molecule has 3 aromatic rings. The van der Waals surface area contributed by atoms with E-state index in [2.05, 4.69) is 48.5 Å². The minimum absolute atomic E-state index is 0.0816. The van der Waals surface area contributed by atoms with Crippen molar-refractivity contribution in [1.29, 1.82) is 0 Å². The van der Waals surface area contributed by atoms with Crippen LogP contribution < -0.4 is 11.0 Å². The Labute approximate surface area is 170 Å². The number of aryl methyl sites for hydroxylation is 1. The molecular formula is C23H26N4O2. The smallest absolute Gasteiger partial charge is 0.267 e. The van der Waals surface area contributed by atoms with Gasteiger partial charge in [0, 0.05) is 11.9 Å². The van der Waals surface area contributed by atoms with Gasteiger partial charge in [-0.2, -0.15) is 10.2 Å². The van der Waals surface area contributed by atoms with Gasteiger partial charge in [-0.25, -0.2) is 10.1 Å². The zero-order valence-electron chi connectivity index (χ0n) is 17.3. The van der Waals surface area contributed by atoms with Crippen LogP contribution in [0, 0.1) is 0 Å². The Kier molecular flexibility index (Phi) is 5.92. The molecule has 0 saturated heterocycles. The zero-order valence-corrected chi connectivity index (χ0v) is 17.3. The van der Waals surface area contributed by atoms with Gasteiger partial charge >= 0.3 is 0 Å². The second-order valence-electron chi connectivity index (χ2n) is 7.99. The summed E-state index contributed by atoms with van der Waals surface area (Å²) in [6.07, 6.45) is 2.34. The second-order valence-corrected chi connectivity index (χ2v) is 7.99. The van der Waals surface area contributed by atoms with Crippen LogP contribution in [0.1, 0.15) is 55.7 Å². The van der Waals surface area contributed by atoms with Gasteiger partial charge < -0.3 is 0 Å². The van der Waals surface area contributed by atoms with Crippen LogP contribution in [0.2, 0.25) is 0 Å². The van der Waals surface area contributed by atoms with Gasteiger partial charge in [-0.3, -0.25) is 9.59 Å². The van der Waals surface area contributed by atoms with Gasteiger partial charge in [0.15, 0.2) is 5.69 Å². The highest BCUT2D eigenvalue weighted by molar-refractivity contribution is 6.04. The Morgan fingerprint density at radius 3 is 2.38 bits per heavy atom. The van der Waals surface area contributed by atoms with Crippen LogP contribution in [0.4, 0.5) is 0 Å². The van der Waals surface area contributed by atoms with Crippen LogP contribution in [-0.4, -0.2) is 21.9 Å². The molecule has 1 heterocycles. The van der Waals surface area contributed by atoms with Crippen LogP contribution in [0.25, 0.3) is 10.8 Å². The van der Waals surface area contributed by atoms with Crippen molar-refractivity contribution in [2.45, 2.75) is 46.1 Å². The number of carbonyl (C=O) groups is 1. The van der Waals surface area contributed by atoms with E-state index in [0.29, 0.717) is 17.3 Å². The van der Waals surface area contributed by atoms with E-state index in [1.54, 1.807) is 30.5 Å². The van der Waals surface area contributed by atoms with Crippen molar-refractivity contribution in [3.63, 3.8) is 0 Å². The van der Waals surface area contributed by atoms with Gasteiger partial charge in [-0.15, -0.1) is 0 Å². The van der Waals surface area contributed by atoms with E-state index in [-0.39, 0.29) is 16.7 Å². The van der Waals surface area contributed by atoms with Crippen LogP contribution >= 0.6 is 0 Å². The highest BCUT2D eigenvalue weighted by atomic mass is 16.2. The van der Waals surface area contributed by atoms with Crippen LogP contribution in [-0.2, 0) is 12.0 Å². The largest absolute Gasteiger partial charge is 0.292 e. The molecule has 0 aliphatic carbocycles. The normalized spacial score (nSPS) is 11.9. The number of nitrogens with one attached hydrogen (secondary N) is 1. The molecule has 29 heavy (non-hydrogen) atoms. The molecule has 0 spiro atoms. The summed E-state index contributed by atoms with van der Waals surface area (Å²) in [4.78, 5) is 25.2. The minimum Gasteiger partial charge on any atom is -0.267 e. The van der Waals surface area contributed by atoms with Crippen molar-refractivity contribution in [2.24, 2.45) is 5.10 Å². The number of benzene rings is 2. The van der Waals surface area contributed by atoms with Crippen LogP contribution in [0.3, 0.4) is 0 Å². The summed E-state index contributed by atoms with van der Waals surface area (Å²) >= 11 is 0. The highest BCUT2D eigenvalue weighted by Crippen LogP contribution is 2.21. The Morgan fingerprint density at radius 1 is 1.10 bits per heavy atom. The number of fused-ring (bicyclic) bond motifs is 1. The maximum atomic E-state index is 12.7. The van der Waals surface area contributed by atoms with Crippen molar-refractivity contribution in [2.75, 3.05) is 0 Å². The Balaban J connectivity index is 1.84. The van der Waals surface area contributed by atoms with E-state index in [1.807, 2.05) is 19.1 Å². The third kappa shape index (κ3) is 4.59. The lowest BCUT2D eigenvalue weighted by Crippen LogP contribution is -2.29. The third-order valence-electron chi connectivity index (χ3n) is 4.67. The van der Waals surface area contributed by atoms with Gasteiger partial charge in [-0.1, -0.05) is 70.2 Å². The topological polar surface area (TPSA) is 76.3 Å². The Hall–Kier alpha value is -3.28. The molecule has 0 aliphatic rings. The van der Waals surface area contributed by atoms with Crippen molar-refractivity contribution in [1.82, 2.24) is 15.2 Å². The van der Waals surface area contributed by atoms with Crippen molar-refractivity contribution >= 4 is 22.9 Å².